The van der Waals surface area contributed by atoms with E-state index in [0.717, 1.165) is 19.3 Å². The number of nitrogens with one attached hydrogen (secondary N) is 1. The highest BCUT2D eigenvalue weighted by molar-refractivity contribution is 7.96. The average Bonchev–Trinajstić information content (AvgIpc) is 2.92. The Morgan fingerprint density at radius 1 is 1.16 bits per heavy atom. The summed E-state index contributed by atoms with van der Waals surface area (Å²) in [6.45, 7) is 7.44. The van der Waals surface area contributed by atoms with Crippen molar-refractivity contribution >= 4 is 11.9 Å². The van der Waals surface area contributed by atoms with E-state index in [2.05, 4.69) is 25.5 Å². The molecule has 3 aliphatic carbocycles. The molecule has 0 radical (unpaired) electrons. The molecule has 0 heterocycles. The van der Waals surface area contributed by atoms with Crippen LogP contribution in [-0.2, 0) is 0 Å². The van der Waals surface area contributed by atoms with Crippen molar-refractivity contribution in [1.82, 2.24) is 4.72 Å². The van der Waals surface area contributed by atoms with E-state index in [0.29, 0.717) is 11.3 Å². The molecule has 4 unspecified atom stereocenters. The van der Waals surface area contributed by atoms with Gasteiger partial charge in [-0.3, -0.25) is 4.72 Å². The van der Waals surface area contributed by atoms with Gasteiger partial charge in [0.15, 0.2) is 0 Å². The van der Waals surface area contributed by atoms with Crippen LogP contribution in [0.25, 0.3) is 0 Å². The summed E-state index contributed by atoms with van der Waals surface area (Å²) in [7, 11) is 1.89. The van der Waals surface area contributed by atoms with Crippen molar-refractivity contribution < 1.29 is 10.2 Å². The van der Waals surface area contributed by atoms with Gasteiger partial charge in [0.2, 0.25) is 0 Å². The minimum absolute atomic E-state index is 0.195. The van der Waals surface area contributed by atoms with Gasteiger partial charge >= 0.3 is 0 Å². The number of allylic oxidation sites excluding steroid dienone is 2. The molecule has 3 nitrogen and oxygen atoms in total. The lowest BCUT2D eigenvalue weighted by Gasteiger charge is -2.49. The van der Waals surface area contributed by atoms with Crippen molar-refractivity contribution in [2.45, 2.75) is 78.2 Å². The fourth-order valence-corrected chi connectivity index (χ4v) is 5.48. The highest BCUT2D eigenvalue weighted by atomic mass is 32.2. The first-order valence-electron chi connectivity index (χ1n) is 9.98. The van der Waals surface area contributed by atoms with Crippen LogP contribution in [0.2, 0.25) is 0 Å². The fraction of sp³-hybridized carbons (Fsp3) is 0.905. The summed E-state index contributed by atoms with van der Waals surface area (Å²) in [5.74, 6) is 0.984. The van der Waals surface area contributed by atoms with E-state index < -0.39 is 0 Å². The SMILES string of the molecule is CC1(C)CCC2=C1CCC(C1(C)CCC(O)CC1CO)C2.CNSC. The van der Waals surface area contributed by atoms with Gasteiger partial charge in [0, 0.05) is 6.61 Å². The highest BCUT2D eigenvalue weighted by Crippen LogP contribution is 2.56. The Morgan fingerprint density at radius 3 is 2.44 bits per heavy atom. The second-order valence-electron chi connectivity index (χ2n) is 9.13. The molecule has 0 saturated heterocycles. The summed E-state index contributed by atoms with van der Waals surface area (Å²) in [6, 6.07) is 0. The molecule has 0 aromatic carbocycles. The molecule has 4 heteroatoms. The molecule has 0 aliphatic heterocycles. The van der Waals surface area contributed by atoms with Gasteiger partial charge in [0.05, 0.1) is 6.10 Å². The van der Waals surface area contributed by atoms with E-state index in [4.69, 9.17) is 0 Å². The second-order valence-corrected chi connectivity index (χ2v) is 9.94. The van der Waals surface area contributed by atoms with Gasteiger partial charge in [-0.05, 0) is 87.3 Å². The summed E-state index contributed by atoms with van der Waals surface area (Å²) in [6.07, 6.45) is 11.0. The number of aliphatic hydroxyl groups excluding tert-OH is 2. The van der Waals surface area contributed by atoms with Crippen LogP contribution in [0.15, 0.2) is 11.1 Å². The van der Waals surface area contributed by atoms with E-state index in [1.54, 1.807) is 23.1 Å². The molecule has 25 heavy (non-hydrogen) atoms. The zero-order valence-corrected chi connectivity index (χ0v) is 17.7. The Kier molecular flexibility index (Phi) is 7.46. The highest BCUT2D eigenvalue weighted by Gasteiger charge is 2.47. The number of rotatable bonds is 3. The second kappa shape index (κ2) is 8.77. The van der Waals surface area contributed by atoms with Crippen molar-refractivity contribution in [2.24, 2.45) is 22.7 Å². The number of aliphatic hydroxyl groups is 2. The summed E-state index contributed by atoms with van der Waals surface area (Å²) in [5.41, 5.74) is 4.14. The zero-order chi connectivity index (χ0) is 18.7. The van der Waals surface area contributed by atoms with Gasteiger partial charge in [-0.15, -0.1) is 0 Å². The maximum Gasteiger partial charge on any atom is 0.0544 e. The minimum atomic E-state index is -0.195. The molecule has 4 atom stereocenters. The maximum atomic E-state index is 9.94. The predicted molar refractivity (Wildman–Crippen MR) is 108 cm³/mol. The smallest absolute Gasteiger partial charge is 0.0544 e. The molecule has 0 aromatic heterocycles. The summed E-state index contributed by atoms with van der Waals surface area (Å²) in [4.78, 5) is 0. The van der Waals surface area contributed by atoms with Crippen molar-refractivity contribution in [3.63, 3.8) is 0 Å². The molecule has 146 valence electrons. The third-order valence-electron chi connectivity index (χ3n) is 7.39. The lowest BCUT2D eigenvalue weighted by Crippen LogP contribution is -2.44. The number of hydrogen-bond donors (Lipinski definition) is 3. The van der Waals surface area contributed by atoms with E-state index in [-0.39, 0.29) is 24.0 Å². The Bertz CT molecular complexity index is 475. The van der Waals surface area contributed by atoms with E-state index in [9.17, 15) is 10.2 Å². The first kappa shape index (κ1) is 21.3. The summed E-state index contributed by atoms with van der Waals surface area (Å²) >= 11 is 1.61. The fourth-order valence-electron chi connectivity index (χ4n) is 5.48. The van der Waals surface area contributed by atoms with Gasteiger partial charge < -0.3 is 10.2 Å². The average molecular weight is 370 g/mol. The van der Waals surface area contributed by atoms with Crippen LogP contribution >= 0.6 is 11.9 Å². The lowest BCUT2D eigenvalue weighted by molar-refractivity contribution is -0.0455. The molecular formula is C21H39NO2S. The van der Waals surface area contributed by atoms with Gasteiger partial charge in [-0.2, -0.15) is 0 Å². The molecule has 0 spiro atoms. The van der Waals surface area contributed by atoms with Crippen molar-refractivity contribution in [3.05, 3.63) is 11.1 Å². The maximum absolute atomic E-state index is 9.94. The Morgan fingerprint density at radius 2 is 1.84 bits per heavy atom. The van der Waals surface area contributed by atoms with Gasteiger partial charge in [-0.25, -0.2) is 0 Å². The molecule has 3 rings (SSSR count). The normalized spacial score (nSPS) is 37.3. The van der Waals surface area contributed by atoms with Crippen LogP contribution in [-0.4, -0.2) is 36.2 Å². The van der Waals surface area contributed by atoms with Crippen molar-refractivity contribution in [1.29, 1.82) is 0 Å². The van der Waals surface area contributed by atoms with Crippen LogP contribution in [0.5, 0.6) is 0 Å². The van der Waals surface area contributed by atoms with Crippen LogP contribution in [0.1, 0.15) is 72.1 Å². The Hall–Kier alpha value is -0.0300. The van der Waals surface area contributed by atoms with Gasteiger partial charge in [0.1, 0.15) is 0 Å². The topological polar surface area (TPSA) is 52.5 Å². The number of hydrogen-bond acceptors (Lipinski definition) is 4. The molecule has 1 fully saturated rings. The molecule has 0 amide bonds. The van der Waals surface area contributed by atoms with E-state index in [1.807, 2.05) is 13.3 Å². The Balaban J connectivity index is 0.000000511. The standard InChI is InChI=1S/C19H32O2.C2H7NS/c1-18(2)8-6-13-10-14(4-5-17(13)18)19(3)9-7-16(21)11-15(19)12-20;1-3-4-2/h14-16,20-21H,4-12H2,1-3H3;3H,1-2H3. The quantitative estimate of drug-likeness (QED) is 0.505. The third-order valence-corrected chi connectivity index (χ3v) is 7.80. The van der Waals surface area contributed by atoms with Crippen LogP contribution in [0, 0.1) is 22.7 Å². The molecule has 0 aromatic rings. The first-order valence-corrected chi connectivity index (χ1v) is 11.2. The van der Waals surface area contributed by atoms with Crippen LogP contribution < -0.4 is 4.72 Å². The van der Waals surface area contributed by atoms with Gasteiger partial charge in [0.25, 0.3) is 0 Å². The molecule has 3 N–H and O–H groups in total. The van der Waals surface area contributed by atoms with Gasteiger partial charge in [-0.1, -0.05) is 43.9 Å². The Labute approximate surface area is 159 Å². The largest absolute Gasteiger partial charge is 0.396 e. The van der Waals surface area contributed by atoms with E-state index in [1.165, 1.54) is 32.1 Å². The zero-order valence-electron chi connectivity index (χ0n) is 16.9. The van der Waals surface area contributed by atoms with Crippen molar-refractivity contribution in [3.8, 4) is 0 Å². The monoisotopic (exact) mass is 369 g/mol. The molecule has 0 bridgehead atoms. The molecule has 3 aliphatic rings. The lowest BCUT2D eigenvalue weighted by atomic mass is 9.56. The predicted octanol–water partition coefficient (Wildman–Crippen LogP) is 4.55. The molecule has 1 saturated carbocycles. The minimum Gasteiger partial charge on any atom is -0.396 e. The van der Waals surface area contributed by atoms with Crippen LogP contribution in [0.4, 0.5) is 0 Å². The van der Waals surface area contributed by atoms with Crippen LogP contribution in [0.3, 0.4) is 0 Å². The first-order chi connectivity index (χ1) is 11.8. The van der Waals surface area contributed by atoms with E-state index >= 15 is 0 Å². The molecular weight excluding hydrogens is 330 g/mol. The third kappa shape index (κ3) is 4.63. The van der Waals surface area contributed by atoms with Crippen molar-refractivity contribution in [2.75, 3.05) is 19.9 Å². The summed E-state index contributed by atoms with van der Waals surface area (Å²) < 4.78 is 2.85. The summed E-state index contributed by atoms with van der Waals surface area (Å²) in [5, 5.41) is 19.8.